The molecule has 5 heteroatoms. The van der Waals surface area contributed by atoms with Crippen molar-refractivity contribution < 1.29 is 24.6 Å². The van der Waals surface area contributed by atoms with Crippen molar-refractivity contribution in [3.05, 3.63) is 34.9 Å². The third-order valence-corrected chi connectivity index (χ3v) is 1.62. The number of carbonyl (C=O) groups excluding carboxylic acids is 1. The van der Waals surface area contributed by atoms with Gasteiger partial charge in [0.2, 0.25) is 6.29 Å². The topological polar surface area (TPSA) is 91.7 Å². The van der Waals surface area contributed by atoms with Crippen LogP contribution < -0.4 is 0 Å². The molecule has 1 radical (unpaired) electrons. The van der Waals surface area contributed by atoms with Gasteiger partial charge in [-0.3, -0.25) is 4.79 Å². The predicted octanol–water partition coefficient (Wildman–Crippen LogP) is 0.541. The first-order chi connectivity index (χ1) is 6.57. The zero-order valence-electron chi connectivity index (χ0n) is 6.85. The van der Waals surface area contributed by atoms with Gasteiger partial charge in [0.1, 0.15) is 0 Å². The van der Waals surface area contributed by atoms with Crippen molar-refractivity contribution in [3.63, 3.8) is 0 Å². The number of rotatable bonds is 3. The summed E-state index contributed by atoms with van der Waals surface area (Å²) < 4.78 is 0. The fourth-order valence-electron chi connectivity index (χ4n) is 1.05. The largest absolute Gasteiger partial charge is 0.478 e. The second-order valence-corrected chi connectivity index (χ2v) is 2.44. The molecule has 14 heavy (non-hydrogen) atoms. The van der Waals surface area contributed by atoms with Crippen LogP contribution in [-0.4, -0.2) is 28.4 Å². The minimum absolute atomic E-state index is 0.266. The van der Waals surface area contributed by atoms with E-state index in [9.17, 15) is 14.4 Å². The Balaban J connectivity index is 3.51. The lowest BCUT2D eigenvalue weighted by molar-refractivity contribution is 0.0651. The summed E-state index contributed by atoms with van der Waals surface area (Å²) in [5, 5.41) is 17.3. The van der Waals surface area contributed by atoms with E-state index < -0.39 is 23.1 Å². The summed E-state index contributed by atoms with van der Waals surface area (Å²) in [4.78, 5) is 31.6. The van der Waals surface area contributed by atoms with Crippen LogP contribution in [0.25, 0.3) is 0 Å². The highest BCUT2D eigenvalue weighted by atomic mass is 16.4. The summed E-state index contributed by atoms with van der Waals surface area (Å²) in [6.45, 7) is 0. The summed E-state index contributed by atoms with van der Waals surface area (Å²) in [7, 11) is 0. The maximum absolute atomic E-state index is 10.7. The van der Waals surface area contributed by atoms with E-state index in [2.05, 4.69) is 0 Å². The van der Waals surface area contributed by atoms with Gasteiger partial charge in [-0.15, -0.1) is 0 Å². The highest BCUT2D eigenvalue weighted by Gasteiger charge is 2.19. The minimum Gasteiger partial charge on any atom is -0.478 e. The van der Waals surface area contributed by atoms with E-state index in [0.717, 1.165) is 6.07 Å². The van der Waals surface area contributed by atoms with Crippen LogP contribution in [0.2, 0.25) is 0 Å². The standard InChI is InChI=1S/C9H5O5/c10-4-5-2-1-3-6(8(11)12)7(5)9(13)14/h1-3H,(H,11,12)(H,13,14). The molecule has 2 N–H and O–H groups in total. The molecule has 0 amide bonds. The molecule has 1 aromatic rings. The monoisotopic (exact) mass is 193 g/mol. The van der Waals surface area contributed by atoms with Crippen LogP contribution in [-0.2, 0) is 4.79 Å². The van der Waals surface area contributed by atoms with Crippen LogP contribution in [0.15, 0.2) is 18.2 Å². The van der Waals surface area contributed by atoms with Crippen LogP contribution >= 0.6 is 0 Å². The molecule has 0 bridgehead atoms. The van der Waals surface area contributed by atoms with Crippen molar-refractivity contribution in [1.29, 1.82) is 0 Å². The average molecular weight is 193 g/mol. The van der Waals surface area contributed by atoms with Crippen molar-refractivity contribution in [2.45, 2.75) is 0 Å². The highest BCUT2D eigenvalue weighted by molar-refractivity contribution is 6.06. The van der Waals surface area contributed by atoms with E-state index in [1.165, 1.54) is 18.4 Å². The Morgan fingerprint density at radius 2 is 1.79 bits per heavy atom. The van der Waals surface area contributed by atoms with Gasteiger partial charge in [0.15, 0.2) is 0 Å². The summed E-state index contributed by atoms with van der Waals surface area (Å²) in [5.41, 5.74) is -1.22. The van der Waals surface area contributed by atoms with Gasteiger partial charge < -0.3 is 10.2 Å². The predicted molar refractivity (Wildman–Crippen MR) is 45.2 cm³/mol. The van der Waals surface area contributed by atoms with Crippen molar-refractivity contribution in [1.82, 2.24) is 0 Å². The molecule has 0 fully saturated rings. The number of carboxylic acids is 2. The molecule has 0 aliphatic heterocycles. The third-order valence-electron chi connectivity index (χ3n) is 1.62. The number of aromatic carboxylic acids is 2. The fraction of sp³-hybridized carbons (Fsp3) is 0. The molecule has 0 heterocycles. The van der Waals surface area contributed by atoms with E-state index in [1.54, 1.807) is 0 Å². The van der Waals surface area contributed by atoms with Crippen molar-refractivity contribution in [2.24, 2.45) is 0 Å². The fourth-order valence-corrected chi connectivity index (χ4v) is 1.05. The Bertz CT molecular complexity index is 408. The first-order valence-electron chi connectivity index (χ1n) is 3.55. The maximum Gasteiger partial charge on any atom is 0.337 e. The van der Waals surface area contributed by atoms with Gasteiger partial charge in [-0.25, -0.2) is 9.59 Å². The molecule has 0 saturated carbocycles. The molecule has 0 aliphatic carbocycles. The Labute approximate surface area is 78.6 Å². The lowest BCUT2D eigenvalue weighted by Gasteiger charge is -2.02. The van der Waals surface area contributed by atoms with E-state index in [-0.39, 0.29) is 5.56 Å². The molecule has 0 aliphatic rings. The van der Waals surface area contributed by atoms with Crippen LogP contribution in [0.4, 0.5) is 0 Å². The summed E-state index contributed by atoms with van der Waals surface area (Å²) in [5.74, 6) is -2.85. The van der Waals surface area contributed by atoms with Gasteiger partial charge in [-0.05, 0) is 12.1 Å². The van der Waals surface area contributed by atoms with E-state index >= 15 is 0 Å². The quantitative estimate of drug-likeness (QED) is 0.730. The zero-order valence-corrected chi connectivity index (χ0v) is 6.85. The molecule has 0 atom stereocenters. The molecule has 0 saturated heterocycles. The van der Waals surface area contributed by atoms with Crippen molar-refractivity contribution in [2.75, 3.05) is 0 Å². The number of hydrogen-bond acceptors (Lipinski definition) is 3. The lowest BCUT2D eigenvalue weighted by atomic mass is 10.0. The lowest BCUT2D eigenvalue weighted by Crippen LogP contribution is -2.11. The van der Waals surface area contributed by atoms with E-state index in [1.807, 2.05) is 0 Å². The Morgan fingerprint density at radius 1 is 1.14 bits per heavy atom. The maximum atomic E-state index is 10.7. The number of carboxylic acid groups (broad SMARTS) is 2. The molecule has 71 valence electrons. The molecular weight excluding hydrogens is 188 g/mol. The van der Waals surface area contributed by atoms with Gasteiger partial charge >= 0.3 is 11.9 Å². The Hall–Kier alpha value is -2.17. The normalized spacial score (nSPS) is 9.43. The number of hydrogen-bond donors (Lipinski definition) is 2. The molecule has 1 aromatic carbocycles. The minimum atomic E-state index is -1.46. The number of benzene rings is 1. The molecule has 5 nitrogen and oxygen atoms in total. The molecule has 0 spiro atoms. The highest BCUT2D eigenvalue weighted by Crippen LogP contribution is 2.13. The average Bonchev–Trinajstić information content (AvgIpc) is 2.16. The van der Waals surface area contributed by atoms with Gasteiger partial charge in [0.05, 0.1) is 11.1 Å². The first kappa shape index (κ1) is 9.91. The molecule has 1 rings (SSSR count). The second-order valence-electron chi connectivity index (χ2n) is 2.44. The SMILES string of the molecule is O=[C]c1cccc(C(=O)O)c1C(=O)O. The second kappa shape index (κ2) is 3.69. The molecular formula is C9H5O5. The van der Waals surface area contributed by atoms with Crippen molar-refractivity contribution >= 4 is 18.2 Å². The summed E-state index contributed by atoms with van der Waals surface area (Å²) in [6, 6.07) is 3.60. The first-order valence-corrected chi connectivity index (χ1v) is 3.55. The van der Waals surface area contributed by atoms with E-state index in [0.29, 0.717) is 0 Å². The number of carbonyl (C=O) groups is 2. The van der Waals surface area contributed by atoms with Crippen LogP contribution in [0.1, 0.15) is 26.3 Å². The van der Waals surface area contributed by atoms with Crippen molar-refractivity contribution in [3.8, 4) is 0 Å². The third kappa shape index (κ3) is 1.61. The Kier molecular flexibility index (Phi) is 2.62. The van der Waals surface area contributed by atoms with Gasteiger partial charge in [0, 0.05) is 5.56 Å². The van der Waals surface area contributed by atoms with E-state index in [4.69, 9.17) is 10.2 Å². The zero-order chi connectivity index (χ0) is 10.7. The van der Waals surface area contributed by atoms with Gasteiger partial charge in [-0.1, -0.05) is 6.07 Å². The Morgan fingerprint density at radius 3 is 2.21 bits per heavy atom. The van der Waals surface area contributed by atoms with Crippen LogP contribution in [0.3, 0.4) is 0 Å². The smallest absolute Gasteiger partial charge is 0.337 e. The summed E-state index contributed by atoms with van der Waals surface area (Å²) in [6.07, 6.45) is 1.38. The molecule has 0 unspecified atom stereocenters. The van der Waals surface area contributed by atoms with Gasteiger partial charge in [-0.2, -0.15) is 0 Å². The van der Waals surface area contributed by atoms with Crippen LogP contribution in [0, 0.1) is 0 Å². The van der Waals surface area contributed by atoms with Crippen LogP contribution in [0.5, 0.6) is 0 Å². The van der Waals surface area contributed by atoms with Gasteiger partial charge in [0.25, 0.3) is 0 Å². The molecule has 0 aromatic heterocycles. The summed E-state index contributed by atoms with van der Waals surface area (Å²) >= 11 is 0.